The zero-order chi connectivity index (χ0) is 14.7. The molecule has 1 heterocycles. The van der Waals surface area contributed by atoms with Gasteiger partial charge in [0.25, 0.3) is 5.91 Å². The van der Waals surface area contributed by atoms with Crippen LogP contribution in [0.15, 0.2) is 24.3 Å². The summed E-state index contributed by atoms with van der Waals surface area (Å²) in [6, 6.07) is 7.05. The first-order valence-electron chi connectivity index (χ1n) is 7.53. The van der Waals surface area contributed by atoms with E-state index >= 15 is 0 Å². The van der Waals surface area contributed by atoms with Gasteiger partial charge in [-0.25, -0.2) is 0 Å². The summed E-state index contributed by atoms with van der Waals surface area (Å²) >= 11 is 0. The molecule has 1 saturated carbocycles. The minimum absolute atomic E-state index is 0.0481. The molecule has 21 heavy (non-hydrogen) atoms. The lowest BCUT2D eigenvalue weighted by Crippen LogP contribution is -2.31. The Labute approximate surface area is 124 Å². The fraction of sp³-hybridized carbons (Fsp3) is 0.500. The molecule has 1 aliphatic carbocycles. The fourth-order valence-corrected chi connectivity index (χ4v) is 2.44. The van der Waals surface area contributed by atoms with Gasteiger partial charge in [-0.05, 0) is 43.9 Å². The number of carbonyl (C=O) groups excluding carboxylic acids is 2. The van der Waals surface area contributed by atoms with Crippen molar-refractivity contribution < 1.29 is 14.3 Å². The first kappa shape index (κ1) is 14.1. The maximum Gasteiger partial charge on any atom is 0.251 e. The number of benzene rings is 1. The number of nitrogens with one attached hydrogen (secondary N) is 2. The Bertz CT molecular complexity index is 534. The molecule has 0 spiro atoms. The van der Waals surface area contributed by atoms with Gasteiger partial charge >= 0.3 is 0 Å². The van der Waals surface area contributed by atoms with E-state index in [1.165, 1.54) is 0 Å². The molecule has 1 aliphatic heterocycles. The van der Waals surface area contributed by atoms with Crippen LogP contribution in [-0.4, -0.2) is 31.1 Å². The van der Waals surface area contributed by atoms with Crippen LogP contribution < -0.4 is 10.6 Å². The average Bonchev–Trinajstić information content (AvgIpc) is 3.22. The third kappa shape index (κ3) is 3.82. The van der Waals surface area contributed by atoms with E-state index in [-0.39, 0.29) is 23.8 Å². The molecule has 2 N–H and O–H groups in total. The molecular weight excluding hydrogens is 268 g/mol. The van der Waals surface area contributed by atoms with E-state index in [0.717, 1.165) is 32.3 Å². The van der Waals surface area contributed by atoms with Crippen LogP contribution in [0.3, 0.4) is 0 Å². The van der Waals surface area contributed by atoms with E-state index in [9.17, 15) is 9.59 Å². The number of ether oxygens (including phenoxy) is 1. The molecule has 0 aromatic heterocycles. The number of amides is 2. The normalized spacial score (nSPS) is 21.0. The maximum absolute atomic E-state index is 12.1. The summed E-state index contributed by atoms with van der Waals surface area (Å²) in [7, 11) is 0. The van der Waals surface area contributed by atoms with E-state index in [0.29, 0.717) is 17.8 Å². The molecular formula is C16H20N2O3. The molecule has 5 heteroatoms. The monoisotopic (exact) mass is 288 g/mol. The van der Waals surface area contributed by atoms with Crippen molar-refractivity contribution in [1.29, 1.82) is 0 Å². The standard InChI is InChI=1S/C16H20N2O3/c19-15(17-10-14-5-2-8-21-14)12-3-1-4-13(9-12)18-16(20)11-6-7-11/h1,3-4,9,11,14H,2,5-8,10H2,(H,17,19)(H,18,20). The molecule has 5 nitrogen and oxygen atoms in total. The van der Waals surface area contributed by atoms with Crippen LogP contribution in [0, 0.1) is 5.92 Å². The average molecular weight is 288 g/mol. The summed E-state index contributed by atoms with van der Waals surface area (Å²) in [4.78, 5) is 23.8. The number of hydrogen-bond acceptors (Lipinski definition) is 3. The van der Waals surface area contributed by atoms with E-state index < -0.39 is 0 Å². The Balaban J connectivity index is 1.56. The molecule has 2 fully saturated rings. The molecule has 2 amide bonds. The number of hydrogen-bond donors (Lipinski definition) is 2. The highest BCUT2D eigenvalue weighted by Gasteiger charge is 2.29. The van der Waals surface area contributed by atoms with Gasteiger partial charge in [-0.3, -0.25) is 9.59 Å². The molecule has 112 valence electrons. The van der Waals surface area contributed by atoms with Crippen molar-refractivity contribution in [2.24, 2.45) is 5.92 Å². The van der Waals surface area contributed by atoms with Gasteiger partial charge in [0.05, 0.1) is 6.10 Å². The van der Waals surface area contributed by atoms with Crippen LogP contribution in [0.4, 0.5) is 5.69 Å². The van der Waals surface area contributed by atoms with Gasteiger partial charge in [0.15, 0.2) is 0 Å². The number of rotatable bonds is 5. The van der Waals surface area contributed by atoms with Crippen molar-refractivity contribution in [2.45, 2.75) is 31.8 Å². The van der Waals surface area contributed by atoms with Crippen molar-refractivity contribution in [3.05, 3.63) is 29.8 Å². The van der Waals surface area contributed by atoms with Crippen LogP contribution in [0.25, 0.3) is 0 Å². The van der Waals surface area contributed by atoms with E-state index in [2.05, 4.69) is 10.6 Å². The summed E-state index contributed by atoms with van der Waals surface area (Å²) in [6.45, 7) is 1.32. The highest BCUT2D eigenvalue weighted by molar-refractivity contribution is 5.98. The van der Waals surface area contributed by atoms with Crippen molar-refractivity contribution in [3.63, 3.8) is 0 Å². The topological polar surface area (TPSA) is 67.4 Å². The summed E-state index contributed by atoms with van der Waals surface area (Å²) < 4.78 is 5.48. The lowest BCUT2D eigenvalue weighted by molar-refractivity contribution is -0.117. The highest BCUT2D eigenvalue weighted by Crippen LogP contribution is 2.30. The van der Waals surface area contributed by atoms with Crippen LogP contribution in [-0.2, 0) is 9.53 Å². The van der Waals surface area contributed by atoms with Gasteiger partial charge in [-0.15, -0.1) is 0 Å². The second-order valence-electron chi connectivity index (χ2n) is 5.69. The van der Waals surface area contributed by atoms with E-state index in [1.54, 1.807) is 24.3 Å². The Morgan fingerprint density at radius 1 is 1.24 bits per heavy atom. The van der Waals surface area contributed by atoms with Crippen molar-refractivity contribution in [2.75, 3.05) is 18.5 Å². The molecule has 1 saturated heterocycles. The lowest BCUT2D eigenvalue weighted by atomic mass is 10.1. The minimum Gasteiger partial charge on any atom is -0.376 e. The van der Waals surface area contributed by atoms with Crippen molar-refractivity contribution in [1.82, 2.24) is 5.32 Å². The Kier molecular flexibility index (Phi) is 4.20. The number of carbonyl (C=O) groups is 2. The van der Waals surface area contributed by atoms with Crippen LogP contribution >= 0.6 is 0 Å². The summed E-state index contributed by atoms with van der Waals surface area (Å²) in [6.07, 6.45) is 4.12. The molecule has 0 bridgehead atoms. The first-order chi connectivity index (χ1) is 10.2. The predicted molar refractivity (Wildman–Crippen MR) is 79.1 cm³/mol. The number of anilines is 1. The molecule has 3 rings (SSSR count). The van der Waals surface area contributed by atoms with E-state index in [1.807, 2.05) is 0 Å². The second-order valence-corrected chi connectivity index (χ2v) is 5.69. The molecule has 1 aromatic carbocycles. The van der Waals surface area contributed by atoms with Crippen molar-refractivity contribution >= 4 is 17.5 Å². The SMILES string of the molecule is O=C(NCC1CCCO1)c1cccc(NC(=O)C2CC2)c1. The van der Waals surface area contributed by atoms with Gasteiger partial charge in [0, 0.05) is 30.3 Å². The zero-order valence-electron chi connectivity index (χ0n) is 11.9. The summed E-state index contributed by atoms with van der Waals surface area (Å²) in [5, 5.41) is 5.73. The second kappa shape index (κ2) is 6.26. The minimum atomic E-state index is -0.131. The van der Waals surface area contributed by atoms with Crippen molar-refractivity contribution in [3.8, 4) is 0 Å². The third-order valence-electron chi connectivity index (χ3n) is 3.85. The molecule has 1 unspecified atom stereocenters. The highest BCUT2D eigenvalue weighted by atomic mass is 16.5. The molecule has 1 atom stereocenters. The summed E-state index contributed by atoms with van der Waals surface area (Å²) in [5.41, 5.74) is 1.23. The third-order valence-corrected chi connectivity index (χ3v) is 3.85. The van der Waals surface area contributed by atoms with Gasteiger partial charge in [0.1, 0.15) is 0 Å². The van der Waals surface area contributed by atoms with Gasteiger partial charge in [-0.2, -0.15) is 0 Å². The van der Waals surface area contributed by atoms with Crippen LogP contribution in [0.2, 0.25) is 0 Å². The van der Waals surface area contributed by atoms with Gasteiger partial charge in [0.2, 0.25) is 5.91 Å². The molecule has 2 aliphatic rings. The maximum atomic E-state index is 12.1. The largest absolute Gasteiger partial charge is 0.376 e. The molecule has 0 radical (unpaired) electrons. The van der Waals surface area contributed by atoms with Crippen LogP contribution in [0.5, 0.6) is 0 Å². The lowest BCUT2D eigenvalue weighted by Gasteiger charge is -2.11. The smallest absolute Gasteiger partial charge is 0.251 e. The quantitative estimate of drug-likeness (QED) is 0.870. The Morgan fingerprint density at radius 2 is 2.10 bits per heavy atom. The molecule has 1 aromatic rings. The predicted octanol–water partition coefficient (Wildman–Crippen LogP) is 1.94. The van der Waals surface area contributed by atoms with E-state index in [4.69, 9.17) is 4.74 Å². The summed E-state index contributed by atoms with van der Waals surface area (Å²) in [5.74, 6) is 0.0712. The fourth-order valence-electron chi connectivity index (χ4n) is 2.44. The Morgan fingerprint density at radius 3 is 2.81 bits per heavy atom. The Hall–Kier alpha value is -1.88. The first-order valence-corrected chi connectivity index (χ1v) is 7.53. The van der Waals surface area contributed by atoms with Gasteiger partial charge in [-0.1, -0.05) is 6.07 Å². The van der Waals surface area contributed by atoms with Crippen LogP contribution in [0.1, 0.15) is 36.0 Å². The van der Waals surface area contributed by atoms with Gasteiger partial charge < -0.3 is 15.4 Å². The zero-order valence-corrected chi connectivity index (χ0v) is 11.9.